The number of carbonyl (C=O) groups excluding carboxylic acids is 3. The van der Waals surface area contributed by atoms with Gasteiger partial charge in [-0.05, 0) is 38.5 Å². The predicted molar refractivity (Wildman–Crippen MR) is 264 cm³/mol. The Bertz CT molecular complexity index is 1040. The topological polar surface area (TPSA) is 102 Å². The summed E-state index contributed by atoms with van der Waals surface area (Å²) in [6.45, 7) is 4.71. The highest BCUT2D eigenvalue weighted by molar-refractivity contribution is 5.70. The summed E-state index contributed by atoms with van der Waals surface area (Å²) in [6.07, 6.45) is 52.4. The molecule has 0 heterocycles. The zero-order valence-corrected chi connectivity index (χ0v) is 42.5. The van der Waals surface area contributed by atoms with Crippen molar-refractivity contribution < 1.29 is 38.2 Å². The Morgan fingerprint density at radius 1 is 0.460 bits per heavy atom. The number of hydrogen-bond acceptors (Lipinski definition) is 7. The molecule has 2 unspecified atom stereocenters. The van der Waals surface area contributed by atoms with Crippen LogP contribution in [0.4, 0.5) is 0 Å². The normalized spacial score (nSPS) is 12.8. The molecule has 0 aliphatic heterocycles. The van der Waals surface area contributed by atoms with Crippen molar-refractivity contribution in [1.82, 2.24) is 0 Å². The predicted octanol–water partition coefficient (Wildman–Crippen LogP) is 14.5. The summed E-state index contributed by atoms with van der Waals surface area (Å²) in [7, 11) is 5.43. The Balaban J connectivity index is 4.17. The molecule has 0 amide bonds. The minimum absolute atomic E-state index is 0.0452. The van der Waals surface area contributed by atoms with E-state index < -0.39 is 18.1 Å². The molecule has 372 valence electrons. The van der Waals surface area contributed by atoms with Crippen LogP contribution in [0.3, 0.4) is 0 Å². The summed E-state index contributed by atoms with van der Waals surface area (Å²) in [5.74, 6) is -1.72. The van der Waals surface area contributed by atoms with Crippen LogP contribution in [-0.2, 0) is 28.6 Å². The van der Waals surface area contributed by atoms with Gasteiger partial charge in [-0.3, -0.25) is 9.59 Å². The van der Waals surface area contributed by atoms with E-state index in [0.29, 0.717) is 12.8 Å². The molecule has 0 spiro atoms. The van der Waals surface area contributed by atoms with Crippen molar-refractivity contribution in [2.45, 2.75) is 283 Å². The van der Waals surface area contributed by atoms with Crippen molar-refractivity contribution in [3.63, 3.8) is 0 Å². The van der Waals surface area contributed by atoms with E-state index in [-0.39, 0.29) is 42.7 Å². The fourth-order valence-corrected chi connectivity index (χ4v) is 8.42. The van der Waals surface area contributed by atoms with Crippen molar-refractivity contribution >= 4 is 17.9 Å². The van der Waals surface area contributed by atoms with E-state index in [9.17, 15) is 19.5 Å². The van der Waals surface area contributed by atoms with Gasteiger partial charge in [0.15, 0.2) is 6.10 Å². The Morgan fingerprint density at radius 2 is 0.794 bits per heavy atom. The fraction of sp³-hybridized carbons (Fsp3) is 0.909. The average Bonchev–Trinajstić information content (AvgIpc) is 3.24. The molecule has 0 rings (SSSR count). The molecule has 0 N–H and O–H groups in total. The van der Waals surface area contributed by atoms with Crippen LogP contribution in [0.15, 0.2) is 12.2 Å². The van der Waals surface area contributed by atoms with E-state index in [1.807, 2.05) is 21.1 Å². The molecule has 0 aromatic rings. The summed E-state index contributed by atoms with van der Waals surface area (Å²) in [5.41, 5.74) is 0. The van der Waals surface area contributed by atoms with Crippen LogP contribution < -0.4 is 5.11 Å². The third-order valence-electron chi connectivity index (χ3n) is 12.7. The van der Waals surface area contributed by atoms with Crippen LogP contribution in [0.2, 0.25) is 0 Å². The maximum absolute atomic E-state index is 12.8. The highest BCUT2D eigenvalue weighted by Gasteiger charge is 2.25. The maximum Gasteiger partial charge on any atom is 0.306 e. The van der Waals surface area contributed by atoms with E-state index in [1.54, 1.807) is 0 Å². The first-order chi connectivity index (χ1) is 30.6. The Hall–Kier alpha value is -1.93. The lowest BCUT2D eigenvalue weighted by Gasteiger charge is -2.34. The van der Waals surface area contributed by atoms with Crippen molar-refractivity contribution in [2.24, 2.45) is 0 Å². The average molecular weight is 892 g/mol. The van der Waals surface area contributed by atoms with Gasteiger partial charge in [0, 0.05) is 19.3 Å². The molecule has 0 aliphatic carbocycles. The third kappa shape index (κ3) is 45.0. The molecule has 0 aromatic heterocycles. The van der Waals surface area contributed by atoms with E-state index >= 15 is 0 Å². The minimum atomic E-state index is -1.12. The first kappa shape index (κ1) is 61.1. The molecular formula is C55H105NO7. The third-order valence-corrected chi connectivity index (χ3v) is 12.7. The smallest absolute Gasteiger partial charge is 0.306 e. The van der Waals surface area contributed by atoms with Crippen LogP contribution >= 0.6 is 0 Å². The zero-order chi connectivity index (χ0) is 46.3. The van der Waals surface area contributed by atoms with E-state index in [4.69, 9.17) is 14.2 Å². The van der Waals surface area contributed by atoms with E-state index in [1.165, 1.54) is 199 Å². The SMILES string of the molecule is CCCCCCCCC/C=C\CCCCCCCCCC(=O)OC(COCCC(C(=O)[O-])[N+](C)(C)C)COC(=O)CCCCCCCCCCCCCCCCCCCCCCC. The van der Waals surface area contributed by atoms with Crippen molar-refractivity contribution in [2.75, 3.05) is 41.0 Å². The van der Waals surface area contributed by atoms with E-state index in [2.05, 4.69) is 26.0 Å². The number of esters is 2. The Morgan fingerprint density at radius 3 is 1.14 bits per heavy atom. The Labute approximate surface area is 390 Å². The summed E-state index contributed by atoms with van der Waals surface area (Å²) < 4.78 is 17.3. The standard InChI is InChI=1S/C55H105NO7/c1-6-8-10-12-14-16-18-20-22-24-26-27-28-30-31-33-35-37-39-41-43-45-53(57)62-50-51(49-61-48-47-52(55(59)60)56(3,4)5)63-54(58)46-44-42-40-38-36-34-32-29-25-23-21-19-17-15-13-11-9-7-2/h23,25,51-52H,6-22,24,26-50H2,1-5H3/b25-23-. The van der Waals surface area contributed by atoms with Gasteiger partial charge in [-0.25, -0.2) is 0 Å². The monoisotopic (exact) mass is 892 g/mol. The number of allylic oxidation sites excluding steroid dienone is 2. The zero-order valence-electron chi connectivity index (χ0n) is 42.5. The van der Waals surface area contributed by atoms with Gasteiger partial charge in [0.1, 0.15) is 12.6 Å². The number of carbonyl (C=O) groups is 3. The number of carboxylic acid groups (broad SMARTS) is 1. The number of ether oxygens (including phenoxy) is 3. The van der Waals surface area contributed by atoms with Crippen molar-refractivity contribution in [3.05, 3.63) is 12.2 Å². The van der Waals surface area contributed by atoms with Gasteiger partial charge in [0.2, 0.25) is 0 Å². The molecular weight excluding hydrogens is 787 g/mol. The molecule has 2 atom stereocenters. The van der Waals surface area contributed by atoms with Crippen LogP contribution in [-0.4, -0.2) is 75.5 Å². The van der Waals surface area contributed by atoms with Crippen molar-refractivity contribution in [1.29, 1.82) is 0 Å². The molecule has 0 saturated heterocycles. The summed E-state index contributed by atoms with van der Waals surface area (Å²) >= 11 is 0. The highest BCUT2D eigenvalue weighted by atomic mass is 16.6. The van der Waals surface area contributed by atoms with Gasteiger partial charge >= 0.3 is 11.9 Å². The van der Waals surface area contributed by atoms with Gasteiger partial charge in [-0.1, -0.05) is 225 Å². The molecule has 63 heavy (non-hydrogen) atoms. The molecule has 8 nitrogen and oxygen atoms in total. The second-order valence-electron chi connectivity index (χ2n) is 19.8. The quantitative estimate of drug-likeness (QED) is 0.0259. The second kappa shape index (κ2) is 46.6. The lowest BCUT2D eigenvalue weighted by atomic mass is 10.0. The van der Waals surface area contributed by atoms with Gasteiger partial charge in [-0.15, -0.1) is 0 Å². The summed E-state index contributed by atoms with van der Waals surface area (Å²) in [5, 5.41) is 11.7. The number of nitrogens with zero attached hydrogens (tertiary/aromatic N) is 1. The number of unbranched alkanes of at least 4 members (excludes halogenated alkanes) is 34. The van der Waals surface area contributed by atoms with E-state index in [0.717, 1.165) is 38.5 Å². The minimum Gasteiger partial charge on any atom is -0.544 e. The number of rotatable bonds is 50. The lowest BCUT2D eigenvalue weighted by molar-refractivity contribution is -0.889. The fourth-order valence-electron chi connectivity index (χ4n) is 8.42. The van der Waals surface area contributed by atoms with Crippen LogP contribution in [0.25, 0.3) is 0 Å². The van der Waals surface area contributed by atoms with Gasteiger partial charge in [0.05, 0.1) is 40.3 Å². The molecule has 8 heteroatoms. The van der Waals surface area contributed by atoms with Crippen LogP contribution in [0, 0.1) is 0 Å². The summed E-state index contributed by atoms with van der Waals surface area (Å²) in [6, 6.07) is -0.723. The molecule has 0 bridgehead atoms. The highest BCUT2D eigenvalue weighted by Crippen LogP contribution is 2.17. The van der Waals surface area contributed by atoms with Gasteiger partial charge in [-0.2, -0.15) is 0 Å². The number of aliphatic carboxylic acids is 1. The molecule has 0 fully saturated rings. The number of hydrogen-bond donors (Lipinski definition) is 0. The number of quaternary nitrogens is 1. The maximum atomic E-state index is 12.8. The molecule has 0 radical (unpaired) electrons. The number of carboxylic acids is 1. The lowest BCUT2D eigenvalue weighted by Crippen LogP contribution is -2.55. The second-order valence-corrected chi connectivity index (χ2v) is 19.8. The summed E-state index contributed by atoms with van der Waals surface area (Å²) in [4.78, 5) is 37.1. The van der Waals surface area contributed by atoms with Gasteiger partial charge < -0.3 is 28.6 Å². The van der Waals surface area contributed by atoms with Crippen LogP contribution in [0.5, 0.6) is 0 Å². The van der Waals surface area contributed by atoms with Crippen LogP contribution in [0.1, 0.15) is 271 Å². The number of likely N-dealkylation sites (N-methyl/N-ethyl adjacent to an activating group) is 1. The first-order valence-electron chi connectivity index (χ1n) is 27.2. The first-order valence-corrected chi connectivity index (χ1v) is 27.2. The Kier molecular flexibility index (Phi) is 45.2. The van der Waals surface area contributed by atoms with Gasteiger partial charge in [0.25, 0.3) is 0 Å². The molecule has 0 aromatic carbocycles. The van der Waals surface area contributed by atoms with Crippen molar-refractivity contribution in [3.8, 4) is 0 Å². The molecule has 0 saturated carbocycles. The molecule has 0 aliphatic rings. The largest absolute Gasteiger partial charge is 0.544 e.